The van der Waals surface area contributed by atoms with Crippen LogP contribution < -0.4 is 5.32 Å². The molecule has 0 unspecified atom stereocenters. The van der Waals surface area contributed by atoms with Gasteiger partial charge in [-0.15, -0.1) is 0 Å². The third-order valence-electron chi connectivity index (χ3n) is 2.91. The van der Waals surface area contributed by atoms with Crippen LogP contribution in [0.25, 0.3) is 0 Å². The second kappa shape index (κ2) is 7.01. The minimum absolute atomic E-state index is 0.0758. The zero-order valence-electron chi connectivity index (χ0n) is 12.4. The number of nitrogens with zero attached hydrogens (tertiary/aromatic N) is 1. The molecule has 0 saturated carbocycles. The molecule has 0 saturated heterocycles. The van der Waals surface area contributed by atoms with Gasteiger partial charge < -0.3 is 10.1 Å². The molecule has 0 spiro atoms. The molecule has 0 radical (unpaired) electrons. The molecule has 1 aromatic heterocycles. The SMILES string of the molecule is Cc1cccc(NC(=O)[C@H](C)OC(=O)c2ccc([N+](=O)[O-])s2)c1. The van der Waals surface area contributed by atoms with Crippen LogP contribution in [0.1, 0.15) is 22.2 Å². The van der Waals surface area contributed by atoms with Gasteiger partial charge in [-0.05, 0) is 37.6 Å². The normalized spacial score (nSPS) is 11.6. The maximum atomic E-state index is 12.0. The number of nitrogens with one attached hydrogen (secondary N) is 1. The molecule has 1 atom stereocenters. The number of esters is 1. The minimum Gasteiger partial charge on any atom is -0.448 e. The highest BCUT2D eigenvalue weighted by Gasteiger charge is 2.22. The van der Waals surface area contributed by atoms with Crippen molar-refractivity contribution in [2.24, 2.45) is 0 Å². The van der Waals surface area contributed by atoms with Gasteiger partial charge in [0.15, 0.2) is 6.10 Å². The molecule has 8 heteroatoms. The van der Waals surface area contributed by atoms with Gasteiger partial charge in [0.05, 0.1) is 4.92 Å². The monoisotopic (exact) mass is 334 g/mol. The van der Waals surface area contributed by atoms with E-state index in [4.69, 9.17) is 4.74 Å². The first kappa shape index (κ1) is 16.6. The van der Waals surface area contributed by atoms with Crippen molar-refractivity contribution in [3.05, 3.63) is 57.0 Å². The molecule has 0 aliphatic heterocycles. The standard InChI is InChI=1S/C15H14N2O5S/c1-9-4-3-5-11(8-9)16-14(18)10(2)22-15(19)12-6-7-13(23-12)17(20)21/h3-8,10H,1-2H3,(H,16,18)/t10-/m0/s1. The number of ether oxygens (including phenoxy) is 1. The Morgan fingerprint density at radius 1 is 1.30 bits per heavy atom. The van der Waals surface area contributed by atoms with Crippen molar-refractivity contribution in [2.75, 3.05) is 5.32 Å². The maximum absolute atomic E-state index is 12.0. The molecule has 120 valence electrons. The zero-order valence-corrected chi connectivity index (χ0v) is 13.3. The minimum atomic E-state index is -1.02. The summed E-state index contributed by atoms with van der Waals surface area (Å²) in [4.78, 5) is 34.0. The number of nitro groups is 1. The Labute approximate surface area is 136 Å². The lowest BCUT2D eigenvalue weighted by Gasteiger charge is -2.13. The molecule has 2 rings (SSSR count). The Morgan fingerprint density at radius 2 is 2.04 bits per heavy atom. The Bertz CT molecular complexity index is 756. The average Bonchev–Trinajstić information content (AvgIpc) is 2.97. The highest BCUT2D eigenvalue weighted by Crippen LogP contribution is 2.24. The van der Waals surface area contributed by atoms with Crippen molar-refractivity contribution in [1.82, 2.24) is 0 Å². The van der Waals surface area contributed by atoms with Gasteiger partial charge >= 0.3 is 11.0 Å². The van der Waals surface area contributed by atoms with Gasteiger partial charge in [0.2, 0.25) is 0 Å². The fourth-order valence-electron chi connectivity index (χ4n) is 1.77. The number of benzene rings is 1. The number of hydrogen-bond acceptors (Lipinski definition) is 6. The lowest BCUT2D eigenvalue weighted by molar-refractivity contribution is -0.380. The molecule has 2 aromatic rings. The second-order valence-electron chi connectivity index (χ2n) is 4.80. The van der Waals surface area contributed by atoms with Crippen molar-refractivity contribution in [3.63, 3.8) is 0 Å². The van der Waals surface area contributed by atoms with Crippen molar-refractivity contribution in [1.29, 1.82) is 0 Å². The molecule has 0 aliphatic carbocycles. The fraction of sp³-hybridized carbons (Fsp3) is 0.200. The third kappa shape index (κ3) is 4.36. The highest BCUT2D eigenvalue weighted by atomic mass is 32.1. The summed E-state index contributed by atoms with van der Waals surface area (Å²) in [7, 11) is 0. The Morgan fingerprint density at radius 3 is 2.65 bits per heavy atom. The number of anilines is 1. The predicted octanol–water partition coefficient (Wildman–Crippen LogP) is 3.15. The number of hydrogen-bond donors (Lipinski definition) is 1. The van der Waals surface area contributed by atoms with Crippen LogP contribution in [-0.2, 0) is 9.53 Å². The Kier molecular flexibility index (Phi) is 5.07. The Hall–Kier alpha value is -2.74. The predicted molar refractivity (Wildman–Crippen MR) is 85.7 cm³/mol. The van der Waals surface area contributed by atoms with Gasteiger partial charge in [-0.1, -0.05) is 23.5 Å². The van der Waals surface area contributed by atoms with Gasteiger partial charge in [-0.25, -0.2) is 4.79 Å². The van der Waals surface area contributed by atoms with Crippen LogP contribution in [0, 0.1) is 17.0 Å². The van der Waals surface area contributed by atoms with E-state index < -0.39 is 22.9 Å². The maximum Gasteiger partial charge on any atom is 0.349 e. The van der Waals surface area contributed by atoms with E-state index in [-0.39, 0.29) is 9.88 Å². The summed E-state index contributed by atoms with van der Waals surface area (Å²) >= 11 is 0.703. The molecule has 0 aliphatic rings. The fourth-order valence-corrected chi connectivity index (χ4v) is 2.48. The number of amides is 1. The third-order valence-corrected chi connectivity index (χ3v) is 3.93. The van der Waals surface area contributed by atoms with Crippen LogP contribution in [0.4, 0.5) is 10.7 Å². The number of thiophene rings is 1. The van der Waals surface area contributed by atoms with Crippen LogP contribution in [0.5, 0.6) is 0 Å². The smallest absolute Gasteiger partial charge is 0.349 e. The van der Waals surface area contributed by atoms with E-state index in [0.29, 0.717) is 17.0 Å². The molecule has 1 aromatic carbocycles. The topological polar surface area (TPSA) is 98.5 Å². The van der Waals surface area contributed by atoms with Crippen LogP contribution in [-0.4, -0.2) is 22.9 Å². The molecule has 23 heavy (non-hydrogen) atoms. The average molecular weight is 334 g/mol. The first-order chi connectivity index (χ1) is 10.9. The van der Waals surface area contributed by atoms with E-state index >= 15 is 0 Å². The van der Waals surface area contributed by atoms with Crippen LogP contribution in [0.2, 0.25) is 0 Å². The zero-order chi connectivity index (χ0) is 17.0. The van der Waals surface area contributed by atoms with E-state index in [1.807, 2.05) is 13.0 Å². The Balaban J connectivity index is 1.97. The highest BCUT2D eigenvalue weighted by molar-refractivity contribution is 7.17. The molecular formula is C15H14N2O5S. The quantitative estimate of drug-likeness (QED) is 0.514. The van der Waals surface area contributed by atoms with Crippen molar-refractivity contribution in [3.8, 4) is 0 Å². The van der Waals surface area contributed by atoms with Gasteiger partial charge in [0.25, 0.3) is 5.91 Å². The van der Waals surface area contributed by atoms with Crippen LogP contribution in [0.3, 0.4) is 0 Å². The first-order valence-corrected chi connectivity index (χ1v) is 7.51. The molecular weight excluding hydrogens is 320 g/mol. The number of carbonyl (C=O) groups excluding carboxylic acids is 2. The second-order valence-corrected chi connectivity index (χ2v) is 5.86. The molecule has 0 fully saturated rings. The van der Waals surface area contributed by atoms with E-state index in [1.165, 1.54) is 19.1 Å². The summed E-state index contributed by atoms with van der Waals surface area (Å²) < 4.78 is 5.03. The molecule has 1 amide bonds. The van der Waals surface area contributed by atoms with Crippen molar-refractivity contribution < 1.29 is 19.2 Å². The number of rotatable bonds is 5. The molecule has 7 nitrogen and oxygen atoms in total. The number of aryl methyl sites for hydroxylation is 1. The summed E-state index contributed by atoms with van der Waals surface area (Å²) in [5.74, 6) is -1.25. The lowest BCUT2D eigenvalue weighted by atomic mass is 10.2. The summed E-state index contributed by atoms with van der Waals surface area (Å²) in [5.41, 5.74) is 1.59. The van der Waals surface area contributed by atoms with Gasteiger partial charge in [0, 0.05) is 11.8 Å². The molecule has 1 heterocycles. The van der Waals surface area contributed by atoms with E-state index in [2.05, 4.69) is 5.32 Å². The van der Waals surface area contributed by atoms with Crippen molar-refractivity contribution >= 4 is 33.9 Å². The van der Waals surface area contributed by atoms with Crippen LogP contribution in [0.15, 0.2) is 36.4 Å². The summed E-state index contributed by atoms with van der Waals surface area (Å²) in [6, 6.07) is 9.72. The van der Waals surface area contributed by atoms with Crippen molar-refractivity contribution in [2.45, 2.75) is 20.0 Å². The molecule has 0 bridgehead atoms. The first-order valence-electron chi connectivity index (χ1n) is 6.69. The van der Waals surface area contributed by atoms with E-state index in [1.54, 1.807) is 18.2 Å². The summed E-state index contributed by atoms with van der Waals surface area (Å²) in [6.07, 6.45) is -1.02. The van der Waals surface area contributed by atoms with Gasteiger partial charge in [-0.2, -0.15) is 0 Å². The van der Waals surface area contributed by atoms with E-state index in [0.717, 1.165) is 5.56 Å². The largest absolute Gasteiger partial charge is 0.448 e. The van der Waals surface area contributed by atoms with Crippen LogP contribution >= 0.6 is 11.3 Å². The van der Waals surface area contributed by atoms with E-state index in [9.17, 15) is 19.7 Å². The van der Waals surface area contributed by atoms with Gasteiger partial charge in [0.1, 0.15) is 4.88 Å². The summed E-state index contributed by atoms with van der Waals surface area (Å²) in [6.45, 7) is 3.33. The molecule has 1 N–H and O–H groups in total. The number of carbonyl (C=O) groups is 2. The summed E-state index contributed by atoms with van der Waals surface area (Å²) in [5, 5.41) is 13.1. The van der Waals surface area contributed by atoms with Gasteiger partial charge in [-0.3, -0.25) is 14.9 Å². The lowest BCUT2D eigenvalue weighted by Crippen LogP contribution is -2.29.